The van der Waals surface area contributed by atoms with Crippen LogP contribution in [0, 0.1) is 0 Å². The molecule has 32 heavy (non-hydrogen) atoms. The van der Waals surface area contributed by atoms with Crippen molar-refractivity contribution in [3.05, 3.63) is 59.7 Å². The van der Waals surface area contributed by atoms with Crippen LogP contribution in [0.2, 0.25) is 0 Å². The molecule has 0 aliphatic carbocycles. The highest BCUT2D eigenvalue weighted by atomic mass is 35.5. The third-order valence-corrected chi connectivity index (χ3v) is 4.98. The van der Waals surface area contributed by atoms with E-state index in [9.17, 15) is 31.4 Å². The Morgan fingerprint density at radius 3 is 2.00 bits per heavy atom. The highest BCUT2D eigenvalue weighted by Crippen LogP contribution is 2.32. The van der Waals surface area contributed by atoms with Gasteiger partial charge in [-0.15, -0.1) is 12.4 Å². The molecule has 1 aliphatic heterocycles. The largest absolute Gasteiger partial charge is 0.491 e. The van der Waals surface area contributed by atoms with Gasteiger partial charge in [-0.05, 0) is 36.4 Å². The first-order valence-corrected chi connectivity index (χ1v) is 9.65. The smallest absolute Gasteiger partial charge is 0.416 e. The first kappa shape index (κ1) is 26.1. The fourth-order valence-electron chi connectivity index (χ4n) is 3.37. The molecule has 0 radical (unpaired) electrons. The predicted molar refractivity (Wildman–Crippen MR) is 110 cm³/mol. The number of halogens is 7. The second kappa shape index (κ2) is 10.6. The maximum absolute atomic E-state index is 12.9. The third-order valence-electron chi connectivity index (χ3n) is 4.98. The summed E-state index contributed by atoms with van der Waals surface area (Å²) in [6.45, 7) is 2.10. The average Bonchev–Trinajstić information content (AvgIpc) is 2.72. The summed E-state index contributed by atoms with van der Waals surface area (Å²) in [5.41, 5.74) is -1.04. The molecule has 178 valence electrons. The SMILES string of the molecule is Cl.OC(COc1cccc(C(F)(F)F)c1)CN1CCN(c2cccc(C(F)(F)F)c2)CC1. The number of aliphatic hydroxyl groups excluding tert-OH is 1. The lowest BCUT2D eigenvalue weighted by atomic mass is 10.1. The summed E-state index contributed by atoms with van der Waals surface area (Å²) in [5, 5.41) is 10.2. The number of alkyl halides is 6. The molecule has 3 rings (SSSR count). The molecule has 1 saturated heterocycles. The zero-order valence-corrected chi connectivity index (χ0v) is 17.7. The van der Waals surface area contributed by atoms with Crippen LogP contribution in [0.15, 0.2) is 48.5 Å². The van der Waals surface area contributed by atoms with E-state index in [4.69, 9.17) is 4.74 Å². The van der Waals surface area contributed by atoms with Crippen molar-refractivity contribution >= 4 is 18.1 Å². The molecule has 2 aromatic rings. The Kier molecular flexibility index (Phi) is 8.67. The number of anilines is 1. The van der Waals surface area contributed by atoms with Gasteiger partial charge in [-0.25, -0.2) is 0 Å². The van der Waals surface area contributed by atoms with Gasteiger partial charge in [0.15, 0.2) is 0 Å². The quantitative estimate of drug-likeness (QED) is 0.603. The minimum absolute atomic E-state index is 0. The second-order valence-electron chi connectivity index (χ2n) is 7.33. The molecule has 0 saturated carbocycles. The molecule has 1 aliphatic rings. The summed E-state index contributed by atoms with van der Waals surface area (Å²) < 4.78 is 82.2. The van der Waals surface area contributed by atoms with Gasteiger partial charge in [-0.1, -0.05) is 12.1 Å². The van der Waals surface area contributed by atoms with E-state index in [0.717, 1.165) is 24.3 Å². The number of nitrogens with zero attached hydrogens (tertiary/aromatic N) is 2. The highest BCUT2D eigenvalue weighted by molar-refractivity contribution is 5.85. The second-order valence-corrected chi connectivity index (χ2v) is 7.33. The lowest BCUT2D eigenvalue weighted by molar-refractivity contribution is -0.138. The lowest BCUT2D eigenvalue weighted by Gasteiger charge is -2.37. The van der Waals surface area contributed by atoms with E-state index in [2.05, 4.69) is 0 Å². The van der Waals surface area contributed by atoms with Crippen LogP contribution in [0.1, 0.15) is 11.1 Å². The highest BCUT2D eigenvalue weighted by Gasteiger charge is 2.32. The van der Waals surface area contributed by atoms with E-state index in [1.165, 1.54) is 18.2 Å². The standard InChI is InChI=1S/C21H22F6N2O2.ClH/c22-20(23,24)15-3-1-5-17(11-15)29-9-7-28(8-10-29)13-18(30)14-31-19-6-2-4-16(12-19)21(25,26)27;/h1-6,11-12,18,30H,7-10,13-14H2;1H. The Labute approximate surface area is 187 Å². The summed E-state index contributed by atoms with van der Waals surface area (Å²) in [5.74, 6) is 0.0169. The van der Waals surface area contributed by atoms with Crippen LogP contribution >= 0.6 is 12.4 Å². The zero-order valence-electron chi connectivity index (χ0n) is 16.9. The van der Waals surface area contributed by atoms with Crippen molar-refractivity contribution < 1.29 is 36.2 Å². The van der Waals surface area contributed by atoms with E-state index in [-0.39, 0.29) is 31.3 Å². The molecule has 0 aromatic heterocycles. The predicted octanol–water partition coefficient (Wildman–Crippen LogP) is 4.71. The Morgan fingerprint density at radius 2 is 1.41 bits per heavy atom. The van der Waals surface area contributed by atoms with Crippen molar-refractivity contribution in [2.24, 2.45) is 0 Å². The summed E-state index contributed by atoms with van der Waals surface area (Å²) in [6.07, 6.45) is -9.80. The van der Waals surface area contributed by atoms with Gasteiger partial charge in [0.25, 0.3) is 0 Å². The molecule has 1 heterocycles. The van der Waals surface area contributed by atoms with Gasteiger partial charge in [0.05, 0.1) is 11.1 Å². The summed E-state index contributed by atoms with van der Waals surface area (Å²) in [7, 11) is 0. The molecule has 1 atom stereocenters. The van der Waals surface area contributed by atoms with Crippen LogP contribution < -0.4 is 9.64 Å². The van der Waals surface area contributed by atoms with Crippen LogP contribution in [0.25, 0.3) is 0 Å². The Morgan fingerprint density at radius 1 is 0.844 bits per heavy atom. The Balaban J connectivity index is 0.00000363. The topological polar surface area (TPSA) is 35.9 Å². The maximum atomic E-state index is 12.9. The monoisotopic (exact) mass is 484 g/mol. The van der Waals surface area contributed by atoms with Crippen molar-refractivity contribution in [2.45, 2.75) is 18.5 Å². The minimum Gasteiger partial charge on any atom is -0.491 e. The van der Waals surface area contributed by atoms with E-state index in [1.54, 1.807) is 6.07 Å². The molecule has 4 nitrogen and oxygen atoms in total. The molecule has 1 N–H and O–H groups in total. The number of ether oxygens (including phenoxy) is 1. The molecule has 2 aromatic carbocycles. The normalized spacial score (nSPS) is 16.4. The number of aliphatic hydroxyl groups is 1. The van der Waals surface area contributed by atoms with Crippen molar-refractivity contribution in [3.8, 4) is 5.75 Å². The van der Waals surface area contributed by atoms with Crippen molar-refractivity contribution in [1.82, 2.24) is 4.90 Å². The van der Waals surface area contributed by atoms with E-state index in [1.807, 2.05) is 9.80 Å². The molecular formula is C21H23ClF6N2O2. The maximum Gasteiger partial charge on any atom is 0.416 e. The minimum atomic E-state index is -4.47. The van der Waals surface area contributed by atoms with Gasteiger partial charge in [0, 0.05) is 38.4 Å². The molecule has 0 amide bonds. The Hall–Kier alpha value is -2.17. The van der Waals surface area contributed by atoms with Crippen LogP contribution in [0.5, 0.6) is 5.75 Å². The van der Waals surface area contributed by atoms with Gasteiger partial charge >= 0.3 is 12.4 Å². The Bertz CT molecular complexity index is 870. The first-order chi connectivity index (χ1) is 14.5. The molecule has 1 unspecified atom stereocenters. The van der Waals surface area contributed by atoms with Crippen LogP contribution in [-0.2, 0) is 12.4 Å². The van der Waals surface area contributed by atoms with E-state index < -0.39 is 29.6 Å². The van der Waals surface area contributed by atoms with Crippen molar-refractivity contribution in [3.63, 3.8) is 0 Å². The van der Waals surface area contributed by atoms with Crippen molar-refractivity contribution in [1.29, 1.82) is 0 Å². The number of hydrogen-bond donors (Lipinski definition) is 1. The fraction of sp³-hybridized carbons (Fsp3) is 0.429. The summed E-state index contributed by atoms with van der Waals surface area (Å²) in [6, 6.07) is 9.58. The van der Waals surface area contributed by atoms with E-state index in [0.29, 0.717) is 31.9 Å². The number of rotatable bonds is 6. The molecule has 11 heteroatoms. The average molecular weight is 485 g/mol. The molecule has 1 fully saturated rings. The van der Waals surface area contributed by atoms with Gasteiger partial charge in [0.2, 0.25) is 0 Å². The van der Waals surface area contributed by atoms with Gasteiger partial charge < -0.3 is 14.7 Å². The number of β-amino-alcohol motifs (C(OH)–C–C–N with tert-alkyl or cyclic N) is 1. The van der Waals surface area contributed by atoms with Gasteiger partial charge in [-0.3, -0.25) is 4.90 Å². The number of benzene rings is 2. The van der Waals surface area contributed by atoms with Crippen molar-refractivity contribution in [2.75, 3.05) is 44.2 Å². The summed E-state index contributed by atoms with van der Waals surface area (Å²) in [4.78, 5) is 3.78. The molecule has 0 bridgehead atoms. The van der Waals surface area contributed by atoms with Crippen LogP contribution in [0.3, 0.4) is 0 Å². The number of piperazine rings is 1. The van der Waals surface area contributed by atoms with Crippen LogP contribution in [0.4, 0.5) is 32.0 Å². The van der Waals surface area contributed by atoms with Crippen LogP contribution in [-0.4, -0.2) is 55.4 Å². The third kappa shape index (κ3) is 7.18. The zero-order chi connectivity index (χ0) is 22.6. The molecular weight excluding hydrogens is 462 g/mol. The van der Waals surface area contributed by atoms with Gasteiger partial charge in [0.1, 0.15) is 18.5 Å². The summed E-state index contributed by atoms with van der Waals surface area (Å²) >= 11 is 0. The van der Waals surface area contributed by atoms with Gasteiger partial charge in [-0.2, -0.15) is 26.3 Å². The lowest BCUT2D eigenvalue weighted by Crippen LogP contribution is -2.49. The van der Waals surface area contributed by atoms with E-state index >= 15 is 0 Å². The molecule has 0 spiro atoms. The fourth-order valence-corrected chi connectivity index (χ4v) is 3.37. The first-order valence-electron chi connectivity index (χ1n) is 9.65. The number of hydrogen-bond acceptors (Lipinski definition) is 4.